The molecule has 3 rings (SSSR count). The highest BCUT2D eigenvalue weighted by molar-refractivity contribution is 5.79. The van der Waals surface area contributed by atoms with E-state index in [1.807, 2.05) is 7.05 Å². The second-order valence-electron chi connectivity index (χ2n) is 7.82. The van der Waals surface area contributed by atoms with E-state index in [2.05, 4.69) is 67.6 Å². The van der Waals surface area contributed by atoms with Crippen LogP contribution in [-0.4, -0.2) is 87.8 Å². The maximum Gasteiger partial charge on any atom is 0.191 e. The molecule has 1 atom stereocenters. The van der Waals surface area contributed by atoms with E-state index >= 15 is 0 Å². The molecule has 2 fully saturated rings. The average Bonchev–Trinajstić information content (AvgIpc) is 3.22. The number of anilines is 1. The third-order valence-electron chi connectivity index (χ3n) is 6.07. The zero-order chi connectivity index (χ0) is 19.6. The fraction of sp³-hybridized carbons (Fsp3) is 0.682. The molecule has 2 N–H and O–H groups in total. The summed E-state index contributed by atoms with van der Waals surface area (Å²) >= 11 is 0. The fourth-order valence-corrected chi connectivity index (χ4v) is 4.36. The Morgan fingerprint density at radius 1 is 1.07 bits per heavy atom. The number of guanidine groups is 1. The van der Waals surface area contributed by atoms with Crippen molar-refractivity contribution in [2.24, 2.45) is 4.99 Å². The Labute approximate surface area is 171 Å². The third kappa shape index (κ3) is 6.11. The SMILES string of the molecule is CCN1CCCC1CNC(=NC)NCCCN1CCN(c2ccccc2)CC1. The quantitative estimate of drug-likeness (QED) is 0.406. The van der Waals surface area contributed by atoms with Crippen LogP contribution in [0.2, 0.25) is 0 Å². The maximum absolute atomic E-state index is 4.38. The van der Waals surface area contributed by atoms with E-state index in [0.29, 0.717) is 6.04 Å². The van der Waals surface area contributed by atoms with Crippen LogP contribution in [-0.2, 0) is 0 Å². The molecule has 0 bridgehead atoms. The first-order valence-electron chi connectivity index (χ1n) is 11.0. The summed E-state index contributed by atoms with van der Waals surface area (Å²) < 4.78 is 0. The lowest BCUT2D eigenvalue weighted by Gasteiger charge is -2.36. The van der Waals surface area contributed by atoms with Crippen LogP contribution in [0.25, 0.3) is 0 Å². The van der Waals surface area contributed by atoms with Gasteiger partial charge in [0.2, 0.25) is 0 Å². The molecule has 2 heterocycles. The van der Waals surface area contributed by atoms with Gasteiger partial charge in [0.25, 0.3) is 0 Å². The number of piperazine rings is 1. The summed E-state index contributed by atoms with van der Waals surface area (Å²) in [5.74, 6) is 0.942. The highest BCUT2D eigenvalue weighted by Gasteiger charge is 2.22. The van der Waals surface area contributed by atoms with Gasteiger partial charge in [-0.15, -0.1) is 0 Å². The van der Waals surface area contributed by atoms with E-state index < -0.39 is 0 Å². The van der Waals surface area contributed by atoms with Gasteiger partial charge in [-0.05, 0) is 51.0 Å². The lowest BCUT2D eigenvalue weighted by atomic mass is 10.2. The number of nitrogens with one attached hydrogen (secondary N) is 2. The monoisotopic (exact) mass is 386 g/mol. The van der Waals surface area contributed by atoms with Crippen LogP contribution >= 0.6 is 0 Å². The van der Waals surface area contributed by atoms with Crippen LogP contribution in [0.4, 0.5) is 5.69 Å². The molecule has 0 aromatic heterocycles. The summed E-state index contributed by atoms with van der Waals surface area (Å²) in [7, 11) is 1.87. The van der Waals surface area contributed by atoms with Crippen molar-refractivity contribution in [1.82, 2.24) is 20.4 Å². The molecule has 6 nitrogen and oxygen atoms in total. The van der Waals surface area contributed by atoms with Gasteiger partial charge in [-0.25, -0.2) is 0 Å². The molecule has 2 aliphatic heterocycles. The minimum absolute atomic E-state index is 0.657. The fourth-order valence-electron chi connectivity index (χ4n) is 4.36. The van der Waals surface area contributed by atoms with Crippen molar-refractivity contribution >= 4 is 11.6 Å². The number of aliphatic imine (C=N–C) groups is 1. The van der Waals surface area contributed by atoms with E-state index in [9.17, 15) is 0 Å². The van der Waals surface area contributed by atoms with E-state index in [4.69, 9.17) is 0 Å². The minimum atomic E-state index is 0.657. The molecule has 0 spiro atoms. The maximum atomic E-state index is 4.38. The standard InChI is InChI=1S/C22H38N6/c1-3-27-14-7-11-21(27)19-25-22(23-2)24-12-8-13-26-15-17-28(18-16-26)20-9-5-4-6-10-20/h4-6,9-10,21H,3,7-8,11-19H2,1-2H3,(H2,23,24,25). The third-order valence-corrected chi connectivity index (χ3v) is 6.07. The Kier molecular flexibility index (Phi) is 8.42. The van der Waals surface area contributed by atoms with Gasteiger partial charge < -0.3 is 15.5 Å². The summed E-state index contributed by atoms with van der Waals surface area (Å²) in [6, 6.07) is 11.4. The number of likely N-dealkylation sites (N-methyl/N-ethyl adjacent to an activating group) is 1. The van der Waals surface area contributed by atoms with Crippen LogP contribution in [0, 0.1) is 0 Å². The van der Waals surface area contributed by atoms with Crippen LogP contribution in [0.1, 0.15) is 26.2 Å². The van der Waals surface area contributed by atoms with Crippen molar-refractivity contribution < 1.29 is 0 Å². The first-order chi connectivity index (χ1) is 13.8. The molecule has 6 heteroatoms. The molecule has 1 unspecified atom stereocenters. The number of nitrogens with zero attached hydrogens (tertiary/aromatic N) is 4. The summed E-state index contributed by atoms with van der Waals surface area (Å²) in [5.41, 5.74) is 1.35. The molecule has 1 aromatic rings. The van der Waals surface area contributed by atoms with Crippen LogP contribution in [0.15, 0.2) is 35.3 Å². The van der Waals surface area contributed by atoms with Crippen LogP contribution in [0.3, 0.4) is 0 Å². The summed E-state index contributed by atoms with van der Waals surface area (Å²) in [6.45, 7) is 12.3. The van der Waals surface area contributed by atoms with Crippen LogP contribution in [0.5, 0.6) is 0 Å². The second kappa shape index (κ2) is 11.3. The Morgan fingerprint density at radius 2 is 1.86 bits per heavy atom. The number of para-hydroxylation sites is 1. The van der Waals surface area contributed by atoms with Gasteiger partial charge in [0.15, 0.2) is 5.96 Å². The number of likely N-dealkylation sites (tertiary alicyclic amines) is 1. The lowest BCUT2D eigenvalue weighted by Crippen LogP contribution is -2.47. The molecular formula is C22H38N6. The van der Waals surface area contributed by atoms with Gasteiger partial charge in [0.1, 0.15) is 0 Å². The van der Waals surface area contributed by atoms with Crippen molar-refractivity contribution in [2.75, 3.05) is 70.9 Å². The van der Waals surface area contributed by atoms with Gasteiger partial charge in [-0.2, -0.15) is 0 Å². The Morgan fingerprint density at radius 3 is 2.57 bits per heavy atom. The number of hydrogen-bond donors (Lipinski definition) is 2. The summed E-state index contributed by atoms with van der Waals surface area (Å²) in [4.78, 5) is 12.0. The van der Waals surface area contributed by atoms with Gasteiger partial charge in [-0.3, -0.25) is 14.8 Å². The molecule has 28 heavy (non-hydrogen) atoms. The molecule has 0 saturated carbocycles. The van der Waals surface area contributed by atoms with Gasteiger partial charge in [0, 0.05) is 58.0 Å². The summed E-state index contributed by atoms with van der Waals surface area (Å²) in [5, 5.41) is 7.00. The lowest BCUT2D eigenvalue weighted by molar-refractivity contribution is 0.255. The highest BCUT2D eigenvalue weighted by Crippen LogP contribution is 2.16. The zero-order valence-corrected chi connectivity index (χ0v) is 17.7. The van der Waals surface area contributed by atoms with Gasteiger partial charge in [0.05, 0.1) is 0 Å². The normalized spacial score (nSPS) is 21.9. The van der Waals surface area contributed by atoms with Crippen molar-refractivity contribution in [3.8, 4) is 0 Å². The first-order valence-corrected chi connectivity index (χ1v) is 11.0. The Hall–Kier alpha value is -1.79. The van der Waals surface area contributed by atoms with E-state index in [0.717, 1.165) is 64.7 Å². The topological polar surface area (TPSA) is 46.1 Å². The smallest absolute Gasteiger partial charge is 0.191 e. The minimum Gasteiger partial charge on any atom is -0.369 e. The van der Waals surface area contributed by atoms with Gasteiger partial charge in [-0.1, -0.05) is 25.1 Å². The molecule has 2 saturated heterocycles. The predicted molar refractivity (Wildman–Crippen MR) is 119 cm³/mol. The highest BCUT2D eigenvalue weighted by atomic mass is 15.3. The molecular weight excluding hydrogens is 348 g/mol. The second-order valence-corrected chi connectivity index (χ2v) is 7.82. The molecule has 2 aliphatic rings. The number of hydrogen-bond acceptors (Lipinski definition) is 4. The predicted octanol–water partition coefficient (Wildman–Crippen LogP) is 1.85. The summed E-state index contributed by atoms with van der Waals surface area (Å²) in [6.07, 6.45) is 3.77. The van der Waals surface area contributed by atoms with Crippen LogP contribution < -0.4 is 15.5 Å². The van der Waals surface area contributed by atoms with E-state index in [1.54, 1.807) is 0 Å². The first kappa shape index (κ1) is 20.9. The van der Waals surface area contributed by atoms with Crippen molar-refractivity contribution in [1.29, 1.82) is 0 Å². The Bertz CT molecular complexity index is 582. The van der Waals surface area contributed by atoms with E-state index in [-0.39, 0.29) is 0 Å². The molecule has 0 radical (unpaired) electrons. The van der Waals surface area contributed by atoms with Crippen molar-refractivity contribution in [2.45, 2.75) is 32.2 Å². The zero-order valence-electron chi connectivity index (χ0n) is 17.7. The molecule has 0 amide bonds. The number of benzene rings is 1. The molecule has 156 valence electrons. The number of rotatable bonds is 8. The van der Waals surface area contributed by atoms with Gasteiger partial charge >= 0.3 is 0 Å². The van der Waals surface area contributed by atoms with Crippen molar-refractivity contribution in [3.63, 3.8) is 0 Å². The Balaban J connectivity index is 1.28. The largest absolute Gasteiger partial charge is 0.369 e. The van der Waals surface area contributed by atoms with Crippen molar-refractivity contribution in [3.05, 3.63) is 30.3 Å². The average molecular weight is 387 g/mol. The molecule has 1 aromatic carbocycles. The molecule has 0 aliphatic carbocycles. The van der Waals surface area contributed by atoms with E-state index in [1.165, 1.54) is 25.1 Å².